The molecule has 4 N–H and O–H groups in total. The molecule has 1 rings (SSSR count). The lowest BCUT2D eigenvalue weighted by Crippen LogP contribution is -2.42. The number of aromatic nitrogens is 1. The molecule has 0 saturated heterocycles. The zero-order valence-electron chi connectivity index (χ0n) is 16.1. The fourth-order valence-corrected chi connectivity index (χ4v) is 2.83. The van der Waals surface area contributed by atoms with E-state index in [4.69, 9.17) is 9.84 Å². The van der Waals surface area contributed by atoms with Crippen molar-refractivity contribution >= 4 is 17.2 Å². The monoisotopic (exact) mass is 387 g/mol. The maximum Gasteiger partial charge on any atom is 0.273 e. The average molecular weight is 388 g/mol. The van der Waals surface area contributed by atoms with E-state index in [0.29, 0.717) is 23.2 Å². The van der Waals surface area contributed by atoms with E-state index in [1.807, 2.05) is 20.8 Å². The van der Waals surface area contributed by atoms with Gasteiger partial charge in [0.15, 0.2) is 0 Å². The first-order chi connectivity index (χ1) is 12.3. The van der Waals surface area contributed by atoms with Crippen LogP contribution < -0.4 is 15.4 Å². The summed E-state index contributed by atoms with van der Waals surface area (Å²) in [5.41, 5.74) is -0.0632. The van der Waals surface area contributed by atoms with E-state index in [0.717, 1.165) is 32.1 Å². The lowest BCUT2D eigenvalue weighted by molar-refractivity contribution is 0.0956. The van der Waals surface area contributed by atoms with Gasteiger partial charge in [0.1, 0.15) is 17.6 Å². The first kappa shape index (κ1) is 22.8. The van der Waals surface area contributed by atoms with Gasteiger partial charge in [-0.3, -0.25) is 4.79 Å². The summed E-state index contributed by atoms with van der Waals surface area (Å²) in [5.74, 6) is -0.150. The number of unbranched alkanes of at least 4 members (excludes halogenated alkanes) is 4. The molecule has 0 bridgehead atoms. The molecule has 8 heteroatoms. The Morgan fingerprint density at radius 2 is 1.96 bits per heavy atom. The van der Waals surface area contributed by atoms with Crippen molar-refractivity contribution in [3.8, 4) is 5.19 Å². The minimum absolute atomic E-state index is 0.0632. The van der Waals surface area contributed by atoms with Gasteiger partial charge in [-0.15, -0.1) is 0 Å². The molecule has 1 aromatic rings. The van der Waals surface area contributed by atoms with Crippen LogP contribution in [0.5, 0.6) is 5.19 Å². The first-order valence-corrected chi connectivity index (χ1v) is 10.0. The summed E-state index contributed by atoms with van der Waals surface area (Å²) < 4.78 is 5.46. The minimum atomic E-state index is -0.638. The Morgan fingerprint density at radius 1 is 1.27 bits per heavy atom. The second kappa shape index (κ2) is 12.2. The summed E-state index contributed by atoms with van der Waals surface area (Å²) in [6.45, 7) is 7.52. The van der Waals surface area contributed by atoms with Crippen LogP contribution in [-0.4, -0.2) is 59.1 Å². The van der Waals surface area contributed by atoms with Crippen LogP contribution in [0.1, 0.15) is 62.5 Å². The molecule has 0 radical (unpaired) electrons. The van der Waals surface area contributed by atoms with E-state index in [1.54, 1.807) is 0 Å². The third-order valence-corrected chi connectivity index (χ3v) is 4.50. The topological polar surface area (TPSA) is 104 Å². The predicted molar refractivity (Wildman–Crippen MR) is 104 cm³/mol. The van der Waals surface area contributed by atoms with Gasteiger partial charge in [0.05, 0.1) is 6.20 Å². The van der Waals surface area contributed by atoms with Gasteiger partial charge in [0, 0.05) is 25.2 Å². The van der Waals surface area contributed by atoms with Gasteiger partial charge >= 0.3 is 0 Å². The van der Waals surface area contributed by atoms with Crippen molar-refractivity contribution in [2.75, 3.05) is 26.3 Å². The third kappa shape index (κ3) is 10.7. The lowest BCUT2D eigenvalue weighted by atomic mass is 10.1. The molecule has 1 atom stereocenters. The van der Waals surface area contributed by atoms with Gasteiger partial charge < -0.3 is 25.6 Å². The zero-order chi connectivity index (χ0) is 19.4. The number of hydrogen-bond donors (Lipinski definition) is 4. The highest BCUT2D eigenvalue weighted by molar-refractivity contribution is 7.15. The Labute approximate surface area is 160 Å². The van der Waals surface area contributed by atoms with Crippen molar-refractivity contribution in [3.05, 3.63) is 11.1 Å². The van der Waals surface area contributed by atoms with Gasteiger partial charge in [0.25, 0.3) is 11.1 Å². The van der Waals surface area contributed by atoms with E-state index in [1.165, 1.54) is 17.5 Å². The fourth-order valence-electron chi connectivity index (χ4n) is 2.14. The molecule has 0 aromatic carbocycles. The smallest absolute Gasteiger partial charge is 0.273 e. The van der Waals surface area contributed by atoms with Crippen LogP contribution in [0.3, 0.4) is 0 Å². The largest absolute Gasteiger partial charge is 0.467 e. The molecule has 150 valence electrons. The molecule has 1 aromatic heterocycles. The predicted octanol–water partition coefficient (Wildman–Crippen LogP) is 1.94. The van der Waals surface area contributed by atoms with Gasteiger partial charge in [-0.1, -0.05) is 30.6 Å². The van der Waals surface area contributed by atoms with Crippen molar-refractivity contribution in [3.63, 3.8) is 0 Å². The molecule has 7 nitrogen and oxygen atoms in total. The highest BCUT2D eigenvalue weighted by Gasteiger charge is 2.15. The van der Waals surface area contributed by atoms with E-state index in [9.17, 15) is 9.90 Å². The normalized spacial score (nSPS) is 12.8. The van der Waals surface area contributed by atoms with Crippen LogP contribution in [0.15, 0.2) is 6.20 Å². The van der Waals surface area contributed by atoms with Crippen molar-refractivity contribution in [2.24, 2.45) is 0 Å². The molecule has 0 spiro atoms. The summed E-state index contributed by atoms with van der Waals surface area (Å²) in [6, 6.07) is 0. The number of thiazole rings is 1. The number of nitrogens with one attached hydrogen (secondary N) is 2. The van der Waals surface area contributed by atoms with Crippen molar-refractivity contribution in [1.29, 1.82) is 0 Å². The van der Waals surface area contributed by atoms with Gasteiger partial charge in [-0.2, -0.15) is 0 Å². The van der Waals surface area contributed by atoms with E-state index in [-0.39, 0.29) is 24.7 Å². The van der Waals surface area contributed by atoms with Gasteiger partial charge in [-0.05, 0) is 33.6 Å². The zero-order valence-corrected chi connectivity index (χ0v) is 16.9. The molecule has 0 aliphatic rings. The number of amides is 1. The van der Waals surface area contributed by atoms with Crippen LogP contribution >= 0.6 is 11.3 Å². The molecular weight excluding hydrogens is 354 g/mol. The molecule has 0 aliphatic heterocycles. The first-order valence-electron chi connectivity index (χ1n) is 9.22. The second-order valence-electron chi connectivity index (χ2n) is 7.33. The Morgan fingerprint density at radius 3 is 2.65 bits per heavy atom. The maximum absolute atomic E-state index is 12.1. The SMILES string of the molecule is CC(C)(C)NCC(O)COc1ncc(C(=O)NCCCCCCCO)s1. The summed E-state index contributed by atoms with van der Waals surface area (Å²) in [7, 11) is 0. The third-order valence-electron chi connectivity index (χ3n) is 3.60. The second-order valence-corrected chi connectivity index (χ2v) is 8.33. The Hall–Kier alpha value is -1.22. The quantitative estimate of drug-likeness (QED) is 0.386. The Kier molecular flexibility index (Phi) is 10.7. The molecule has 0 aliphatic carbocycles. The molecule has 0 fully saturated rings. The number of β-amino-alcohol motifs (C(OH)–C–C–N with tert-alkyl or cyclic N) is 1. The maximum atomic E-state index is 12.1. The number of aliphatic hydroxyl groups is 2. The summed E-state index contributed by atoms with van der Waals surface area (Å²) in [5, 5.41) is 25.1. The fraction of sp³-hybridized carbons (Fsp3) is 0.778. The molecule has 26 heavy (non-hydrogen) atoms. The number of carbonyl (C=O) groups excluding carboxylic acids is 1. The summed E-state index contributed by atoms with van der Waals surface area (Å²) in [6.07, 6.45) is 5.76. The Bertz CT molecular complexity index is 517. The van der Waals surface area contributed by atoms with Crippen LogP contribution in [0.4, 0.5) is 0 Å². The number of rotatable bonds is 13. The number of nitrogens with zero attached hydrogens (tertiary/aromatic N) is 1. The number of carbonyl (C=O) groups is 1. The summed E-state index contributed by atoms with van der Waals surface area (Å²) in [4.78, 5) is 16.6. The lowest BCUT2D eigenvalue weighted by Gasteiger charge is -2.22. The van der Waals surface area contributed by atoms with E-state index < -0.39 is 6.10 Å². The molecule has 1 amide bonds. The van der Waals surface area contributed by atoms with Crippen LogP contribution in [0.2, 0.25) is 0 Å². The number of hydrogen-bond acceptors (Lipinski definition) is 7. The van der Waals surface area contributed by atoms with E-state index in [2.05, 4.69) is 15.6 Å². The number of ether oxygens (including phenoxy) is 1. The van der Waals surface area contributed by atoms with Crippen LogP contribution in [-0.2, 0) is 0 Å². The van der Waals surface area contributed by atoms with Crippen molar-refractivity contribution in [1.82, 2.24) is 15.6 Å². The molecule has 1 heterocycles. The van der Waals surface area contributed by atoms with Gasteiger partial charge in [0.2, 0.25) is 0 Å². The highest BCUT2D eigenvalue weighted by atomic mass is 32.1. The van der Waals surface area contributed by atoms with Crippen molar-refractivity contribution in [2.45, 2.75) is 64.5 Å². The van der Waals surface area contributed by atoms with Crippen LogP contribution in [0, 0.1) is 0 Å². The van der Waals surface area contributed by atoms with Gasteiger partial charge in [-0.25, -0.2) is 4.98 Å². The standard InChI is InChI=1S/C18H33N3O4S/c1-18(2,3)21-11-14(23)13-25-17-20-12-15(26-17)16(24)19-9-7-5-4-6-8-10-22/h12,14,21-23H,4-11,13H2,1-3H3,(H,19,24). The average Bonchev–Trinajstić information content (AvgIpc) is 3.05. The van der Waals surface area contributed by atoms with E-state index >= 15 is 0 Å². The molecule has 0 saturated carbocycles. The highest BCUT2D eigenvalue weighted by Crippen LogP contribution is 2.20. The van der Waals surface area contributed by atoms with Crippen molar-refractivity contribution < 1.29 is 19.7 Å². The van der Waals surface area contributed by atoms with Crippen LogP contribution in [0.25, 0.3) is 0 Å². The molecular formula is C18H33N3O4S. The number of aliphatic hydroxyl groups excluding tert-OH is 2. The summed E-state index contributed by atoms with van der Waals surface area (Å²) >= 11 is 1.18. The Balaban J connectivity index is 2.21. The molecule has 1 unspecified atom stereocenters. The minimum Gasteiger partial charge on any atom is -0.467 e.